The molecule has 1 aliphatic carbocycles. The molecule has 3 N–H and O–H groups in total. The van der Waals surface area contributed by atoms with Crippen molar-refractivity contribution in [2.24, 2.45) is 0 Å². The molecule has 6 rings (SSSR count). The first-order chi connectivity index (χ1) is 14.7. The summed E-state index contributed by atoms with van der Waals surface area (Å²) in [6.07, 6.45) is 11.2. The van der Waals surface area contributed by atoms with Gasteiger partial charge in [-0.25, -0.2) is 9.50 Å². The zero-order valence-electron chi connectivity index (χ0n) is 16.9. The average Bonchev–Trinajstić information content (AvgIpc) is 3.39. The molecule has 9 nitrogen and oxygen atoms in total. The molecular weight excluding hydrogens is 380 g/mol. The van der Waals surface area contributed by atoms with Crippen LogP contribution in [0.15, 0.2) is 30.7 Å². The Morgan fingerprint density at radius 2 is 2.03 bits per heavy atom. The standard InChI is InChI=1S/C21H24N8O/c1-22-18-17-14(15-5-10-29-16(26-15)4-9-24-29)12-23-19(17)28-20(27-18)25-13-2-6-21(7-3-13)8-11-30-21/h4-5,9-10,12-13H,2-3,6-8,11H2,1H3,(H3,22,23,25,27,28)/t13-,21-. The van der Waals surface area contributed by atoms with Gasteiger partial charge in [0.05, 0.1) is 29.5 Å². The Kier molecular flexibility index (Phi) is 3.92. The van der Waals surface area contributed by atoms with Crippen molar-refractivity contribution in [1.82, 2.24) is 29.5 Å². The Morgan fingerprint density at radius 1 is 1.17 bits per heavy atom. The van der Waals surface area contributed by atoms with Crippen molar-refractivity contribution in [2.75, 3.05) is 24.3 Å². The molecule has 154 valence electrons. The molecule has 0 radical (unpaired) electrons. The van der Waals surface area contributed by atoms with Gasteiger partial charge in [-0.15, -0.1) is 0 Å². The van der Waals surface area contributed by atoms with Gasteiger partial charge < -0.3 is 20.4 Å². The van der Waals surface area contributed by atoms with Crippen molar-refractivity contribution in [2.45, 2.75) is 43.7 Å². The maximum atomic E-state index is 5.83. The topological polar surface area (TPSA) is 105 Å². The fourth-order valence-corrected chi connectivity index (χ4v) is 4.70. The van der Waals surface area contributed by atoms with Crippen LogP contribution in [0, 0.1) is 0 Å². The van der Waals surface area contributed by atoms with Gasteiger partial charge in [0.1, 0.15) is 11.5 Å². The van der Waals surface area contributed by atoms with Gasteiger partial charge in [0, 0.05) is 37.1 Å². The average molecular weight is 404 g/mol. The van der Waals surface area contributed by atoms with Crippen molar-refractivity contribution in [3.8, 4) is 11.3 Å². The molecule has 0 amide bonds. The highest BCUT2D eigenvalue weighted by Crippen LogP contribution is 2.41. The number of aromatic amines is 1. The molecule has 5 heterocycles. The molecule has 1 saturated heterocycles. The van der Waals surface area contributed by atoms with Crippen LogP contribution in [0.5, 0.6) is 0 Å². The molecule has 1 saturated carbocycles. The van der Waals surface area contributed by atoms with E-state index in [-0.39, 0.29) is 5.60 Å². The third-order valence-electron chi connectivity index (χ3n) is 6.50. The van der Waals surface area contributed by atoms with Crippen LogP contribution in [-0.4, -0.2) is 54.8 Å². The summed E-state index contributed by atoms with van der Waals surface area (Å²) >= 11 is 0. The van der Waals surface area contributed by atoms with E-state index in [0.717, 1.165) is 66.0 Å². The fourth-order valence-electron chi connectivity index (χ4n) is 4.70. The van der Waals surface area contributed by atoms with Crippen molar-refractivity contribution < 1.29 is 4.74 Å². The van der Waals surface area contributed by atoms with Crippen molar-refractivity contribution >= 4 is 28.4 Å². The molecule has 9 heteroatoms. The first kappa shape index (κ1) is 17.6. The fraction of sp³-hybridized carbons (Fsp3) is 0.429. The lowest BCUT2D eigenvalue weighted by Gasteiger charge is -2.46. The summed E-state index contributed by atoms with van der Waals surface area (Å²) < 4.78 is 7.58. The number of hydrogen-bond acceptors (Lipinski definition) is 7. The maximum absolute atomic E-state index is 5.83. The number of ether oxygens (including phenoxy) is 1. The molecule has 1 aliphatic heterocycles. The smallest absolute Gasteiger partial charge is 0.226 e. The summed E-state index contributed by atoms with van der Waals surface area (Å²) in [5.74, 6) is 1.43. The van der Waals surface area contributed by atoms with E-state index < -0.39 is 0 Å². The first-order valence-electron chi connectivity index (χ1n) is 10.5. The highest BCUT2D eigenvalue weighted by Gasteiger charge is 2.41. The molecule has 0 aromatic carbocycles. The number of nitrogens with one attached hydrogen (secondary N) is 3. The van der Waals surface area contributed by atoms with E-state index in [9.17, 15) is 0 Å². The Hall–Kier alpha value is -3.20. The maximum Gasteiger partial charge on any atom is 0.226 e. The first-order valence-corrected chi connectivity index (χ1v) is 10.5. The Morgan fingerprint density at radius 3 is 2.80 bits per heavy atom. The van der Waals surface area contributed by atoms with Gasteiger partial charge in [-0.3, -0.25) is 0 Å². The van der Waals surface area contributed by atoms with E-state index in [1.165, 1.54) is 6.42 Å². The van der Waals surface area contributed by atoms with E-state index in [0.29, 0.717) is 12.0 Å². The molecule has 0 atom stereocenters. The second-order valence-corrected chi connectivity index (χ2v) is 8.22. The molecule has 2 fully saturated rings. The van der Waals surface area contributed by atoms with Crippen molar-refractivity contribution in [3.05, 3.63) is 30.7 Å². The van der Waals surface area contributed by atoms with E-state index in [4.69, 9.17) is 19.7 Å². The van der Waals surface area contributed by atoms with Crippen LogP contribution in [-0.2, 0) is 4.74 Å². The number of fused-ring (bicyclic) bond motifs is 2. The predicted molar refractivity (Wildman–Crippen MR) is 115 cm³/mol. The molecule has 1 spiro atoms. The van der Waals surface area contributed by atoms with Crippen LogP contribution in [0.3, 0.4) is 0 Å². The molecule has 4 aromatic heterocycles. The summed E-state index contributed by atoms with van der Waals surface area (Å²) in [5.41, 5.74) is 3.57. The molecule has 0 bridgehead atoms. The number of anilines is 2. The minimum absolute atomic E-state index is 0.164. The lowest BCUT2D eigenvalue weighted by molar-refractivity contribution is -0.165. The zero-order valence-corrected chi connectivity index (χ0v) is 16.9. The number of aromatic nitrogens is 6. The van der Waals surface area contributed by atoms with E-state index in [2.05, 4.69) is 20.7 Å². The second-order valence-electron chi connectivity index (χ2n) is 8.22. The Balaban J connectivity index is 1.31. The van der Waals surface area contributed by atoms with Crippen LogP contribution in [0.4, 0.5) is 11.8 Å². The highest BCUT2D eigenvalue weighted by molar-refractivity contribution is 6.00. The third kappa shape index (κ3) is 2.80. The second kappa shape index (κ2) is 6.66. The molecule has 30 heavy (non-hydrogen) atoms. The number of rotatable bonds is 4. The number of H-pyrrole nitrogens is 1. The minimum atomic E-state index is 0.164. The van der Waals surface area contributed by atoms with Crippen molar-refractivity contribution in [1.29, 1.82) is 0 Å². The predicted octanol–water partition coefficient (Wildman–Crippen LogP) is 3.22. The van der Waals surface area contributed by atoms with Gasteiger partial charge in [-0.1, -0.05) is 0 Å². The van der Waals surface area contributed by atoms with Gasteiger partial charge in [0.25, 0.3) is 0 Å². The van der Waals surface area contributed by atoms with Gasteiger partial charge in [0.2, 0.25) is 5.95 Å². The molecule has 2 aliphatic rings. The van der Waals surface area contributed by atoms with Crippen LogP contribution in [0.25, 0.3) is 27.9 Å². The number of hydrogen-bond donors (Lipinski definition) is 3. The van der Waals surface area contributed by atoms with Gasteiger partial charge in [-0.2, -0.15) is 15.1 Å². The van der Waals surface area contributed by atoms with E-state index >= 15 is 0 Å². The van der Waals surface area contributed by atoms with E-state index in [1.807, 2.05) is 31.6 Å². The van der Waals surface area contributed by atoms with Crippen molar-refractivity contribution in [3.63, 3.8) is 0 Å². The lowest BCUT2D eigenvalue weighted by atomic mass is 9.77. The Labute approximate surface area is 173 Å². The molecule has 0 unspecified atom stereocenters. The Bertz CT molecular complexity index is 1210. The van der Waals surface area contributed by atoms with Gasteiger partial charge in [-0.05, 0) is 38.2 Å². The zero-order chi connectivity index (χ0) is 20.1. The minimum Gasteiger partial charge on any atom is -0.375 e. The van der Waals surface area contributed by atoms with Crippen LogP contribution in [0.1, 0.15) is 32.1 Å². The number of nitrogens with zero attached hydrogens (tertiary/aromatic N) is 5. The molecular formula is C21H24N8O. The summed E-state index contributed by atoms with van der Waals surface area (Å²) in [6.45, 7) is 0.918. The largest absolute Gasteiger partial charge is 0.375 e. The summed E-state index contributed by atoms with van der Waals surface area (Å²) in [5, 5.41) is 11.9. The monoisotopic (exact) mass is 404 g/mol. The van der Waals surface area contributed by atoms with Crippen LogP contribution < -0.4 is 10.6 Å². The quantitative estimate of drug-likeness (QED) is 0.480. The highest BCUT2D eigenvalue weighted by atomic mass is 16.5. The van der Waals surface area contributed by atoms with Gasteiger partial charge >= 0.3 is 0 Å². The normalized spacial score (nSPS) is 23.7. The van der Waals surface area contributed by atoms with Gasteiger partial charge in [0.15, 0.2) is 5.65 Å². The van der Waals surface area contributed by atoms with Crippen LogP contribution >= 0.6 is 0 Å². The summed E-state index contributed by atoms with van der Waals surface area (Å²) in [7, 11) is 1.88. The SMILES string of the molecule is CNc1nc(N[C@H]2CC[C@@]3(CCO3)CC2)nc2[nH]cc(-c3ccn4nccc4n3)c12. The van der Waals surface area contributed by atoms with E-state index in [1.54, 1.807) is 10.7 Å². The molecule has 4 aromatic rings. The summed E-state index contributed by atoms with van der Waals surface area (Å²) in [6, 6.07) is 4.22. The lowest BCUT2D eigenvalue weighted by Crippen LogP contribution is -2.48. The summed E-state index contributed by atoms with van der Waals surface area (Å²) in [4.78, 5) is 17.5. The van der Waals surface area contributed by atoms with Crippen LogP contribution in [0.2, 0.25) is 0 Å². The third-order valence-corrected chi connectivity index (χ3v) is 6.50.